The molecule has 1 fully saturated rings. The first-order valence-electron chi connectivity index (χ1n) is 6.45. The van der Waals surface area contributed by atoms with Crippen molar-refractivity contribution in [2.45, 2.75) is 45.2 Å². The Morgan fingerprint density at radius 3 is 2.65 bits per heavy atom. The van der Waals surface area contributed by atoms with Crippen LogP contribution in [0.25, 0.3) is 0 Å². The molecule has 2 N–H and O–H groups in total. The van der Waals surface area contributed by atoms with E-state index >= 15 is 0 Å². The van der Waals surface area contributed by atoms with Gasteiger partial charge in [-0.1, -0.05) is 0 Å². The molecule has 108 valence electrons. The Morgan fingerprint density at radius 1 is 1.55 bits per heavy atom. The van der Waals surface area contributed by atoms with E-state index in [2.05, 4.69) is 10.3 Å². The summed E-state index contributed by atoms with van der Waals surface area (Å²) < 4.78 is 0. The van der Waals surface area contributed by atoms with Crippen LogP contribution in [0.4, 0.5) is 5.69 Å². The van der Waals surface area contributed by atoms with Crippen LogP contribution in [0.1, 0.15) is 36.1 Å². The summed E-state index contributed by atoms with van der Waals surface area (Å²) in [6.07, 6.45) is 3.49. The zero-order chi connectivity index (χ0) is 14.9. The Morgan fingerprint density at radius 2 is 2.20 bits per heavy atom. The average molecular weight is 279 g/mol. The highest BCUT2D eigenvalue weighted by Crippen LogP contribution is 2.33. The van der Waals surface area contributed by atoms with E-state index in [0.717, 1.165) is 6.42 Å². The van der Waals surface area contributed by atoms with Crippen LogP contribution < -0.4 is 5.32 Å². The van der Waals surface area contributed by atoms with Crippen molar-refractivity contribution in [1.82, 2.24) is 10.3 Å². The zero-order valence-electron chi connectivity index (χ0n) is 11.5. The van der Waals surface area contributed by atoms with Crippen molar-refractivity contribution < 1.29 is 14.8 Å². The molecule has 20 heavy (non-hydrogen) atoms. The first-order chi connectivity index (χ1) is 9.37. The van der Waals surface area contributed by atoms with Crippen LogP contribution in [-0.4, -0.2) is 26.5 Å². The average Bonchev–Trinajstić information content (AvgIpc) is 2.29. The number of pyridine rings is 1. The van der Waals surface area contributed by atoms with Gasteiger partial charge < -0.3 is 5.11 Å². The molecule has 0 radical (unpaired) electrons. The number of aryl methyl sites for hydroxylation is 1. The number of carboxylic acids is 1. The van der Waals surface area contributed by atoms with Crippen LogP contribution in [0.3, 0.4) is 0 Å². The molecule has 0 aromatic carbocycles. The Balaban J connectivity index is 2.20. The lowest BCUT2D eigenvalue weighted by Crippen LogP contribution is -2.56. The summed E-state index contributed by atoms with van der Waals surface area (Å²) in [6, 6.07) is 0. The second-order valence-corrected chi connectivity index (χ2v) is 5.21. The lowest BCUT2D eigenvalue weighted by Gasteiger charge is -2.38. The molecular formula is C13H17N3O4. The van der Waals surface area contributed by atoms with Crippen molar-refractivity contribution in [3.63, 3.8) is 0 Å². The van der Waals surface area contributed by atoms with Gasteiger partial charge in [0.1, 0.15) is 5.54 Å². The minimum atomic E-state index is -0.895. The van der Waals surface area contributed by atoms with E-state index in [1.807, 2.05) is 0 Å². The van der Waals surface area contributed by atoms with Gasteiger partial charge in [-0.3, -0.25) is 25.2 Å². The molecule has 1 aliphatic rings. The molecule has 7 heteroatoms. The first-order valence-corrected chi connectivity index (χ1v) is 6.45. The van der Waals surface area contributed by atoms with Crippen molar-refractivity contribution in [2.75, 3.05) is 0 Å². The van der Waals surface area contributed by atoms with E-state index in [1.54, 1.807) is 13.8 Å². The van der Waals surface area contributed by atoms with Crippen molar-refractivity contribution in [2.24, 2.45) is 0 Å². The standard InChI is InChI=1S/C13H17N3O4/c1-8-6-14-10(9(2)11(8)16(19)20)7-15-13(12(17)18)4-3-5-13/h6,15H,3-5,7H2,1-2H3,(H,17,18). The summed E-state index contributed by atoms with van der Waals surface area (Å²) in [5.41, 5.74) is 0.674. The third-order valence-electron chi connectivity index (χ3n) is 3.97. The minimum absolute atomic E-state index is 0.0507. The van der Waals surface area contributed by atoms with Gasteiger partial charge >= 0.3 is 5.97 Å². The molecule has 7 nitrogen and oxygen atoms in total. The van der Waals surface area contributed by atoms with E-state index in [4.69, 9.17) is 0 Å². The van der Waals surface area contributed by atoms with Gasteiger partial charge in [-0.25, -0.2) is 0 Å². The molecule has 1 aromatic rings. The van der Waals surface area contributed by atoms with Gasteiger partial charge in [0.05, 0.1) is 10.6 Å². The van der Waals surface area contributed by atoms with E-state index < -0.39 is 16.4 Å². The van der Waals surface area contributed by atoms with E-state index in [-0.39, 0.29) is 12.2 Å². The van der Waals surface area contributed by atoms with Crippen molar-refractivity contribution in [3.05, 3.63) is 33.1 Å². The summed E-state index contributed by atoms with van der Waals surface area (Å²) in [5.74, 6) is -0.872. The second-order valence-electron chi connectivity index (χ2n) is 5.21. The van der Waals surface area contributed by atoms with Crippen LogP contribution in [-0.2, 0) is 11.3 Å². The number of hydrogen-bond acceptors (Lipinski definition) is 5. The lowest BCUT2D eigenvalue weighted by molar-refractivity contribution is -0.386. The quantitative estimate of drug-likeness (QED) is 0.627. The van der Waals surface area contributed by atoms with Gasteiger partial charge in [0.2, 0.25) is 0 Å². The van der Waals surface area contributed by atoms with Gasteiger partial charge in [-0.05, 0) is 33.1 Å². The number of nitro groups is 1. The monoisotopic (exact) mass is 279 g/mol. The van der Waals surface area contributed by atoms with Gasteiger partial charge in [-0.2, -0.15) is 0 Å². The summed E-state index contributed by atoms with van der Waals surface area (Å²) in [7, 11) is 0. The number of carboxylic acid groups (broad SMARTS) is 1. The normalized spacial score (nSPS) is 16.5. The molecule has 0 amide bonds. The molecule has 0 saturated heterocycles. The van der Waals surface area contributed by atoms with Crippen LogP contribution in [0.5, 0.6) is 0 Å². The van der Waals surface area contributed by atoms with Crippen LogP contribution in [0, 0.1) is 24.0 Å². The Bertz CT molecular complexity index is 567. The SMILES string of the molecule is Cc1cnc(CNC2(C(=O)O)CCC2)c(C)c1[N+](=O)[O-]. The zero-order valence-corrected chi connectivity index (χ0v) is 11.5. The van der Waals surface area contributed by atoms with Crippen molar-refractivity contribution >= 4 is 11.7 Å². The van der Waals surface area contributed by atoms with E-state index in [0.29, 0.717) is 29.7 Å². The predicted molar refractivity (Wildman–Crippen MR) is 71.4 cm³/mol. The maximum Gasteiger partial charge on any atom is 0.323 e. The number of nitrogens with zero attached hydrogens (tertiary/aromatic N) is 2. The third-order valence-corrected chi connectivity index (χ3v) is 3.97. The number of carbonyl (C=O) groups is 1. The molecule has 1 saturated carbocycles. The maximum atomic E-state index is 11.2. The van der Waals surface area contributed by atoms with Gasteiger partial charge in [0, 0.05) is 23.9 Å². The largest absolute Gasteiger partial charge is 0.480 e. The second kappa shape index (κ2) is 5.16. The van der Waals surface area contributed by atoms with Crippen LogP contribution in [0.15, 0.2) is 6.20 Å². The van der Waals surface area contributed by atoms with Crippen LogP contribution in [0.2, 0.25) is 0 Å². The van der Waals surface area contributed by atoms with Gasteiger partial charge in [-0.15, -0.1) is 0 Å². The van der Waals surface area contributed by atoms with Crippen molar-refractivity contribution in [1.29, 1.82) is 0 Å². The summed E-state index contributed by atoms with van der Waals surface area (Å²) in [4.78, 5) is 26.0. The molecule has 0 bridgehead atoms. The Hall–Kier alpha value is -2.02. The summed E-state index contributed by atoms with van der Waals surface area (Å²) in [5, 5.41) is 23.3. The van der Waals surface area contributed by atoms with E-state index in [9.17, 15) is 20.0 Å². The highest BCUT2D eigenvalue weighted by Gasteiger charge is 2.44. The number of nitrogens with one attached hydrogen (secondary N) is 1. The fraction of sp³-hybridized carbons (Fsp3) is 0.538. The molecule has 1 heterocycles. The number of aromatic nitrogens is 1. The maximum absolute atomic E-state index is 11.2. The molecule has 2 rings (SSSR count). The van der Waals surface area contributed by atoms with Crippen molar-refractivity contribution in [3.8, 4) is 0 Å². The fourth-order valence-electron chi connectivity index (χ4n) is 2.47. The smallest absolute Gasteiger partial charge is 0.323 e. The summed E-state index contributed by atoms with van der Waals surface area (Å²) in [6.45, 7) is 3.50. The molecule has 0 spiro atoms. The number of hydrogen-bond donors (Lipinski definition) is 2. The fourth-order valence-corrected chi connectivity index (χ4v) is 2.47. The third kappa shape index (κ3) is 2.36. The van der Waals surface area contributed by atoms with Crippen LogP contribution >= 0.6 is 0 Å². The topological polar surface area (TPSA) is 105 Å². The number of rotatable bonds is 5. The highest BCUT2D eigenvalue weighted by molar-refractivity contribution is 5.80. The molecule has 0 unspecified atom stereocenters. The molecule has 0 atom stereocenters. The molecule has 0 aliphatic heterocycles. The van der Waals surface area contributed by atoms with Gasteiger partial charge in [0.15, 0.2) is 0 Å². The highest BCUT2D eigenvalue weighted by atomic mass is 16.6. The molecule has 1 aliphatic carbocycles. The van der Waals surface area contributed by atoms with E-state index in [1.165, 1.54) is 6.20 Å². The van der Waals surface area contributed by atoms with Gasteiger partial charge in [0.25, 0.3) is 5.69 Å². The number of aliphatic carboxylic acids is 1. The Labute approximate surface area is 116 Å². The summed E-state index contributed by atoms with van der Waals surface area (Å²) >= 11 is 0. The first kappa shape index (κ1) is 14.4. The Kier molecular flexibility index (Phi) is 3.71. The minimum Gasteiger partial charge on any atom is -0.480 e. The molecular weight excluding hydrogens is 262 g/mol. The predicted octanol–water partition coefficient (Wildman–Crippen LogP) is 1.70. The molecule has 1 aromatic heterocycles. The lowest BCUT2D eigenvalue weighted by atomic mass is 9.76.